The van der Waals surface area contributed by atoms with E-state index >= 15 is 0 Å². The van der Waals surface area contributed by atoms with E-state index in [1.54, 1.807) is 24.5 Å². The van der Waals surface area contributed by atoms with Gasteiger partial charge >= 0.3 is 6.18 Å². The molecule has 0 bridgehead atoms. The fourth-order valence-electron chi connectivity index (χ4n) is 4.81. The Balaban J connectivity index is 1.69. The quantitative estimate of drug-likeness (QED) is 0.327. The minimum absolute atomic E-state index is 0.0192. The molecule has 0 radical (unpaired) electrons. The fourth-order valence-corrected chi connectivity index (χ4v) is 4.81. The van der Waals surface area contributed by atoms with Crippen LogP contribution in [0, 0.1) is 0 Å². The summed E-state index contributed by atoms with van der Waals surface area (Å²) in [5.41, 5.74) is 4.20. The highest BCUT2D eigenvalue weighted by atomic mass is 19.4. The van der Waals surface area contributed by atoms with Crippen LogP contribution < -0.4 is 5.32 Å². The first-order valence-corrected chi connectivity index (χ1v) is 11.7. The van der Waals surface area contributed by atoms with Gasteiger partial charge in [-0.15, -0.1) is 0 Å². The number of nitrogens with zero attached hydrogens (tertiary/aromatic N) is 3. The second kappa shape index (κ2) is 9.13. The second-order valence-corrected chi connectivity index (χ2v) is 8.84. The number of nitrogens with one attached hydrogen (secondary N) is 1. The van der Waals surface area contributed by atoms with Crippen molar-refractivity contribution in [2.24, 2.45) is 0 Å². The summed E-state index contributed by atoms with van der Waals surface area (Å²) in [7, 11) is 0. The number of anilines is 1. The van der Waals surface area contributed by atoms with Crippen LogP contribution in [0.5, 0.6) is 0 Å². The maximum absolute atomic E-state index is 13.8. The van der Waals surface area contributed by atoms with Crippen LogP contribution in [0.4, 0.5) is 19.0 Å². The zero-order chi connectivity index (χ0) is 24.6. The molecule has 1 atom stereocenters. The van der Waals surface area contributed by atoms with Crippen molar-refractivity contribution in [1.82, 2.24) is 15.0 Å². The molecule has 1 aliphatic carbocycles. The van der Waals surface area contributed by atoms with Gasteiger partial charge in [0.25, 0.3) is 0 Å². The molecule has 0 saturated heterocycles. The Labute approximate surface area is 202 Å². The number of hydrogen-bond acceptors (Lipinski definition) is 4. The first-order valence-electron chi connectivity index (χ1n) is 11.7. The summed E-state index contributed by atoms with van der Waals surface area (Å²) in [4.78, 5) is 13.3. The van der Waals surface area contributed by atoms with Gasteiger partial charge in [-0.05, 0) is 55.4 Å². The molecule has 0 saturated carbocycles. The van der Waals surface area contributed by atoms with E-state index in [0.717, 1.165) is 36.6 Å². The molecule has 178 valence electrons. The zero-order valence-electron chi connectivity index (χ0n) is 19.5. The zero-order valence-corrected chi connectivity index (χ0v) is 19.5. The second-order valence-electron chi connectivity index (χ2n) is 8.84. The Morgan fingerprint density at radius 3 is 2.49 bits per heavy atom. The monoisotopic (exact) mass is 474 g/mol. The van der Waals surface area contributed by atoms with Crippen molar-refractivity contribution in [1.29, 1.82) is 0 Å². The lowest BCUT2D eigenvalue weighted by Crippen LogP contribution is -2.10. The van der Waals surface area contributed by atoms with E-state index in [-0.39, 0.29) is 11.4 Å². The third-order valence-electron chi connectivity index (χ3n) is 6.67. The molecule has 0 spiro atoms. The number of fused-ring (bicyclic) bond motifs is 2. The highest BCUT2D eigenvalue weighted by Crippen LogP contribution is 2.40. The van der Waals surface area contributed by atoms with Crippen molar-refractivity contribution in [2.45, 2.75) is 45.2 Å². The fraction of sp³-hybridized carbons (Fsp3) is 0.250. The van der Waals surface area contributed by atoms with E-state index in [0.29, 0.717) is 22.6 Å². The van der Waals surface area contributed by atoms with Crippen LogP contribution in [0.2, 0.25) is 0 Å². The molecule has 5 rings (SSSR count). The van der Waals surface area contributed by atoms with Crippen LogP contribution in [0.25, 0.3) is 28.0 Å². The van der Waals surface area contributed by atoms with E-state index in [1.807, 2.05) is 6.07 Å². The van der Waals surface area contributed by atoms with Crippen LogP contribution in [0.3, 0.4) is 0 Å². The predicted octanol–water partition coefficient (Wildman–Crippen LogP) is 7.84. The molecule has 4 nitrogen and oxygen atoms in total. The first-order chi connectivity index (χ1) is 16.9. The molecule has 0 amide bonds. The van der Waals surface area contributed by atoms with Crippen LogP contribution in [-0.4, -0.2) is 15.0 Å². The number of alkyl halides is 3. The molecule has 0 aliphatic heterocycles. The van der Waals surface area contributed by atoms with Crippen molar-refractivity contribution in [2.75, 3.05) is 5.32 Å². The van der Waals surface area contributed by atoms with Crippen LogP contribution >= 0.6 is 0 Å². The molecule has 1 unspecified atom stereocenters. The Kier molecular flexibility index (Phi) is 6.01. The summed E-state index contributed by atoms with van der Waals surface area (Å²) in [6, 6.07) is 15.4. The van der Waals surface area contributed by atoms with Crippen LogP contribution in [-0.2, 0) is 6.18 Å². The van der Waals surface area contributed by atoms with E-state index in [2.05, 4.69) is 52.3 Å². The van der Waals surface area contributed by atoms with Crippen molar-refractivity contribution in [3.8, 4) is 11.4 Å². The van der Waals surface area contributed by atoms with E-state index < -0.39 is 11.7 Å². The maximum atomic E-state index is 13.8. The predicted molar refractivity (Wildman–Crippen MR) is 133 cm³/mol. The van der Waals surface area contributed by atoms with E-state index in [4.69, 9.17) is 0 Å². The number of hydrogen-bond donors (Lipinski definition) is 1. The summed E-state index contributed by atoms with van der Waals surface area (Å²) in [5, 5.41) is 4.14. The number of pyridine rings is 1. The van der Waals surface area contributed by atoms with Crippen molar-refractivity contribution in [3.05, 3.63) is 89.3 Å². The Morgan fingerprint density at radius 2 is 1.71 bits per heavy atom. The lowest BCUT2D eigenvalue weighted by Gasteiger charge is -2.19. The smallest absolute Gasteiger partial charge is 0.339 e. The molecule has 7 heteroatoms. The van der Waals surface area contributed by atoms with Crippen molar-refractivity contribution >= 4 is 22.4 Å². The molecule has 2 heterocycles. The van der Waals surface area contributed by atoms with Gasteiger partial charge in [0.15, 0.2) is 5.82 Å². The van der Waals surface area contributed by atoms with Gasteiger partial charge in [0.1, 0.15) is 5.82 Å². The van der Waals surface area contributed by atoms with Gasteiger partial charge < -0.3 is 5.32 Å². The average Bonchev–Trinajstić information content (AvgIpc) is 2.99. The van der Waals surface area contributed by atoms with Gasteiger partial charge in [0.05, 0.1) is 16.5 Å². The van der Waals surface area contributed by atoms with Crippen molar-refractivity contribution < 1.29 is 13.2 Å². The molecule has 35 heavy (non-hydrogen) atoms. The number of rotatable bonds is 4. The number of benzene rings is 2. The van der Waals surface area contributed by atoms with Gasteiger partial charge in [0.2, 0.25) is 0 Å². The van der Waals surface area contributed by atoms with Crippen molar-refractivity contribution in [3.63, 3.8) is 0 Å². The Hall–Kier alpha value is -3.74. The Bertz CT molecular complexity index is 1430. The highest BCUT2D eigenvalue weighted by Gasteiger charge is 2.34. The number of aromatic nitrogens is 3. The van der Waals surface area contributed by atoms with Gasteiger partial charge in [-0.2, -0.15) is 13.2 Å². The first kappa shape index (κ1) is 23.0. The molecular weight excluding hydrogens is 449 g/mol. The molecule has 0 fully saturated rings. The molecule has 1 aliphatic rings. The topological polar surface area (TPSA) is 50.7 Å². The summed E-state index contributed by atoms with van der Waals surface area (Å²) in [6.07, 6.45) is 1.70. The van der Waals surface area contributed by atoms with Gasteiger partial charge in [-0.3, -0.25) is 4.98 Å². The summed E-state index contributed by atoms with van der Waals surface area (Å²) in [6.45, 7) is 4.29. The van der Waals surface area contributed by atoms with Crippen LogP contribution in [0.1, 0.15) is 55.7 Å². The minimum Gasteiger partial charge on any atom is -0.339 e. The normalized spacial score (nSPS) is 16.2. The minimum atomic E-state index is -4.52. The average molecular weight is 475 g/mol. The highest BCUT2D eigenvalue weighted by molar-refractivity contribution is 5.94. The SMILES string of the molecule is CCC1CCC(C)=C(Nc2nc(-c3ccccc3C(F)(F)F)nc3ccncc23)c2ccccc21. The van der Waals surface area contributed by atoms with Crippen LogP contribution in [0.15, 0.2) is 72.6 Å². The van der Waals surface area contributed by atoms with Gasteiger partial charge in [-0.25, -0.2) is 9.97 Å². The molecule has 1 N–H and O–H groups in total. The lowest BCUT2D eigenvalue weighted by molar-refractivity contribution is -0.137. The standard InChI is InChI=1S/C28H25F3N4/c1-3-18-13-12-17(2)25(20-9-5-4-8-19(18)20)34-27-22-16-32-15-14-24(22)33-26(35-27)21-10-6-7-11-23(21)28(29,30)31/h4-11,14-16,18H,3,12-13H2,1-2H3,(H,33,34,35). The third-order valence-corrected chi connectivity index (χ3v) is 6.67. The van der Waals surface area contributed by atoms with E-state index in [9.17, 15) is 13.2 Å². The molecule has 4 aromatic rings. The molecule has 2 aromatic carbocycles. The Morgan fingerprint density at radius 1 is 0.971 bits per heavy atom. The number of halogens is 3. The maximum Gasteiger partial charge on any atom is 0.417 e. The van der Waals surface area contributed by atoms with Gasteiger partial charge in [0, 0.05) is 29.2 Å². The largest absolute Gasteiger partial charge is 0.417 e. The molecular formula is C28H25F3N4. The summed E-state index contributed by atoms with van der Waals surface area (Å²) < 4.78 is 41.3. The summed E-state index contributed by atoms with van der Waals surface area (Å²) in [5.74, 6) is 0.901. The summed E-state index contributed by atoms with van der Waals surface area (Å²) >= 11 is 0. The lowest BCUT2D eigenvalue weighted by atomic mass is 9.90. The number of allylic oxidation sites excluding steroid dienone is 1. The third kappa shape index (κ3) is 4.38. The molecule has 2 aromatic heterocycles. The van der Waals surface area contributed by atoms with Gasteiger partial charge in [-0.1, -0.05) is 49.4 Å². The van der Waals surface area contributed by atoms with E-state index in [1.165, 1.54) is 23.3 Å².